The van der Waals surface area contributed by atoms with E-state index >= 15 is 0 Å². The molecule has 104 valence electrons. The molecule has 1 heterocycles. The molecular weight excluding hydrogens is 266 g/mol. The molecule has 0 saturated carbocycles. The van der Waals surface area contributed by atoms with Crippen molar-refractivity contribution in [3.8, 4) is 0 Å². The number of nitrogens with zero attached hydrogens (tertiary/aromatic N) is 1. The number of benzene rings is 1. The fraction of sp³-hybridized carbons (Fsp3) is 0.250. The number of rotatable bonds is 3. The maximum atomic E-state index is 5.28. The Morgan fingerprint density at radius 2 is 1.80 bits per heavy atom. The van der Waals surface area contributed by atoms with E-state index in [1.54, 1.807) is 6.20 Å². The van der Waals surface area contributed by atoms with Crippen LogP contribution >= 0.6 is 12.2 Å². The lowest BCUT2D eigenvalue weighted by Gasteiger charge is -2.11. The van der Waals surface area contributed by atoms with E-state index in [1.165, 1.54) is 5.56 Å². The second kappa shape index (κ2) is 6.48. The number of nitrogens with one attached hydrogen (secondary N) is 2. The quantitative estimate of drug-likeness (QED) is 0.823. The van der Waals surface area contributed by atoms with Gasteiger partial charge in [0.25, 0.3) is 0 Å². The van der Waals surface area contributed by atoms with E-state index in [9.17, 15) is 0 Å². The Balaban J connectivity index is 1.97. The molecule has 1 aromatic heterocycles. The molecule has 2 aromatic rings. The smallest absolute Gasteiger partial charge is 0.176 e. The molecule has 1 aromatic carbocycles. The summed E-state index contributed by atoms with van der Waals surface area (Å²) in [4.78, 5) is 4.22. The van der Waals surface area contributed by atoms with E-state index in [0.29, 0.717) is 11.0 Å². The third kappa shape index (κ3) is 4.03. The minimum Gasteiger partial charge on any atom is -0.332 e. The zero-order valence-corrected chi connectivity index (χ0v) is 12.8. The lowest BCUT2D eigenvalue weighted by Crippen LogP contribution is -2.19. The van der Waals surface area contributed by atoms with Gasteiger partial charge in [0.2, 0.25) is 0 Å². The summed E-state index contributed by atoms with van der Waals surface area (Å²) in [6.07, 6.45) is 1.76. The van der Waals surface area contributed by atoms with Crippen molar-refractivity contribution in [1.82, 2.24) is 4.98 Å². The van der Waals surface area contributed by atoms with Crippen molar-refractivity contribution in [3.63, 3.8) is 0 Å². The van der Waals surface area contributed by atoms with E-state index in [1.807, 2.05) is 31.2 Å². The third-order valence-corrected chi connectivity index (χ3v) is 3.20. The highest BCUT2D eigenvalue weighted by molar-refractivity contribution is 7.80. The van der Waals surface area contributed by atoms with E-state index < -0.39 is 0 Å². The Kier molecular flexibility index (Phi) is 4.69. The Labute approximate surface area is 125 Å². The van der Waals surface area contributed by atoms with Gasteiger partial charge in [-0.1, -0.05) is 26.0 Å². The number of hydrogen-bond donors (Lipinski definition) is 2. The molecule has 0 unspecified atom stereocenters. The van der Waals surface area contributed by atoms with Gasteiger partial charge < -0.3 is 10.6 Å². The maximum Gasteiger partial charge on any atom is 0.176 e. The molecule has 0 fully saturated rings. The SMILES string of the molecule is Cc1ccnc(NC(=S)Nc2ccc(C(C)C)cc2)c1. The summed E-state index contributed by atoms with van der Waals surface area (Å²) in [7, 11) is 0. The van der Waals surface area contributed by atoms with Crippen LogP contribution in [0.15, 0.2) is 42.6 Å². The summed E-state index contributed by atoms with van der Waals surface area (Å²) >= 11 is 5.28. The first-order valence-electron chi connectivity index (χ1n) is 6.65. The normalized spacial score (nSPS) is 10.4. The van der Waals surface area contributed by atoms with Crippen LogP contribution in [0.25, 0.3) is 0 Å². The number of anilines is 2. The van der Waals surface area contributed by atoms with Crippen molar-refractivity contribution < 1.29 is 0 Å². The van der Waals surface area contributed by atoms with Crippen molar-refractivity contribution in [2.24, 2.45) is 0 Å². The van der Waals surface area contributed by atoms with Gasteiger partial charge >= 0.3 is 0 Å². The van der Waals surface area contributed by atoms with Crippen LogP contribution in [0, 0.1) is 6.92 Å². The molecule has 20 heavy (non-hydrogen) atoms. The average molecular weight is 285 g/mol. The van der Waals surface area contributed by atoms with Crippen molar-refractivity contribution in [2.45, 2.75) is 26.7 Å². The molecular formula is C16H19N3S. The number of aromatic nitrogens is 1. The topological polar surface area (TPSA) is 37.0 Å². The van der Waals surface area contributed by atoms with Crippen LogP contribution in [0.5, 0.6) is 0 Å². The van der Waals surface area contributed by atoms with Crippen LogP contribution in [0.4, 0.5) is 11.5 Å². The van der Waals surface area contributed by atoms with Gasteiger partial charge in [-0.3, -0.25) is 0 Å². The molecule has 0 atom stereocenters. The predicted molar refractivity (Wildman–Crippen MR) is 89.3 cm³/mol. The molecule has 4 heteroatoms. The van der Waals surface area contributed by atoms with E-state index in [0.717, 1.165) is 17.1 Å². The summed E-state index contributed by atoms with van der Waals surface area (Å²) in [5, 5.41) is 6.78. The minimum absolute atomic E-state index is 0.533. The van der Waals surface area contributed by atoms with Gasteiger partial charge in [0.05, 0.1) is 0 Å². The van der Waals surface area contributed by atoms with Gasteiger partial charge in [-0.25, -0.2) is 4.98 Å². The molecule has 0 aliphatic heterocycles. The van der Waals surface area contributed by atoms with Crippen molar-refractivity contribution in [1.29, 1.82) is 0 Å². The predicted octanol–water partition coefficient (Wildman–Crippen LogP) is 4.32. The largest absolute Gasteiger partial charge is 0.332 e. The van der Waals surface area contributed by atoms with E-state index in [4.69, 9.17) is 12.2 Å². The van der Waals surface area contributed by atoms with E-state index in [-0.39, 0.29) is 0 Å². The summed E-state index contributed by atoms with van der Waals surface area (Å²) in [6.45, 7) is 6.38. The van der Waals surface area contributed by atoms with Gasteiger partial charge in [0, 0.05) is 11.9 Å². The average Bonchev–Trinajstić information content (AvgIpc) is 2.39. The Hall–Kier alpha value is -1.94. The summed E-state index contributed by atoms with van der Waals surface area (Å²) < 4.78 is 0. The third-order valence-electron chi connectivity index (χ3n) is 2.99. The second-order valence-corrected chi connectivity index (χ2v) is 5.48. The lowest BCUT2D eigenvalue weighted by atomic mass is 10.0. The fourth-order valence-electron chi connectivity index (χ4n) is 1.83. The Morgan fingerprint density at radius 1 is 1.10 bits per heavy atom. The zero-order valence-electron chi connectivity index (χ0n) is 12.0. The van der Waals surface area contributed by atoms with Crippen molar-refractivity contribution >= 4 is 28.8 Å². The lowest BCUT2D eigenvalue weighted by molar-refractivity contribution is 0.867. The molecule has 0 aliphatic carbocycles. The van der Waals surface area contributed by atoms with Gasteiger partial charge in [-0.15, -0.1) is 0 Å². The van der Waals surface area contributed by atoms with Gasteiger partial charge in [-0.2, -0.15) is 0 Å². The number of pyridine rings is 1. The standard InChI is InChI=1S/C16H19N3S/c1-11(2)13-4-6-14(7-5-13)18-16(20)19-15-10-12(3)8-9-17-15/h4-11H,1-3H3,(H2,17,18,19,20). The second-order valence-electron chi connectivity index (χ2n) is 5.07. The van der Waals surface area contributed by atoms with Crippen LogP contribution in [0.1, 0.15) is 30.9 Å². The Morgan fingerprint density at radius 3 is 2.40 bits per heavy atom. The highest BCUT2D eigenvalue weighted by Crippen LogP contribution is 2.17. The molecule has 0 amide bonds. The highest BCUT2D eigenvalue weighted by atomic mass is 32.1. The summed E-state index contributed by atoms with van der Waals surface area (Å²) in [5.41, 5.74) is 3.43. The van der Waals surface area contributed by atoms with Crippen LogP contribution in [-0.2, 0) is 0 Å². The first-order chi connectivity index (χ1) is 9.54. The first kappa shape index (κ1) is 14.5. The first-order valence-corrected chi connectivity index (χ1v) is 7.06. The molecule has 3 nitrogen and oxygen atoms in total. The molecule has 2 N–H and O–H groups in total. The highest BCUT2D eigenvalue weighted by Gasteiger charge is 2.02. The molecule has 2 rings (SSSR count). The number of aryl methyl sites for hydroxylation is 1. The molecule has 0 saturated heterocycles. The van der Waals surface area contributed by atoms with Gasteiger partial charge in [-0.05, 0) is 60.5 Å². The van der Waals surface area contributed by atoms with Crippen molar-refractivity contribution in [3.05, 3.63) is 53.7 Å². The fourth-order valence-corrected chi connectivity index (χ4v) is 2.06. The van der Waals surface area contributed by atoms with Crippen LogP contribution < -0.4 is 10.6 Å². The van der Waals surface area contributed by atoms with Crippen molar-refractivity contribution in [2.75, 3.05) is 10.6 Å². The molecule has 0 spiro atoms. The summed E-state index contributed by atoms with van der Waals surface area (Å²) in [6, 6.07) is 12.2. The van der Waals surface area contributed by atoms with E-state index in [2.05, 4.69) is 41.6 Å². The van der Waals surface area contributed by atoms with Gasteiger partial charge in [0.15, 0.2) is 5.11 Å². The summed E-state index contributed by atoms with van der Waals surface area (Å²) in [5.74, 6) is 1.28. The molecule has 0 aliphatic rings. The molecule has 0 radical (unpaired) electrons. The van der Waals surface area contributed by atoms with Crippen LogP contribution in [0.3, 0.4) is 0 Å². The number of hydrogen-bond acceptors (Lipinski definition) is 2. The van der Waals surface area contributed by atoms with Crippen LogP contribution in [0.2, 0.25) is 0 Å². The number of thiocarbonyl (C=S) groups is 1. The minimum atomic E-state index is 0.533. The monoisotopic (exact) mass is 285 g/mol. The van der Waals surface area contributed by atoms with Crippen LogP contribution in [-0.4, -0.2) is 10.1 Å². The molecule has 0 bridgehead atoms. The zero-order chi connectivity index (χ0) is 14.5. The van der Waals surface area contributed by atoms with Gasteiger partial charge in [0.1, 0.15) is 5.82 Å². The Bertz CT molecular complexity index is 591. The maximum absolute atomic E-state index is 5.28.